The van der Waals surface area contributed by atoms with E-state index in [1.807, 2.05) is 97.1 Å². The molecule has 0 saturated heterocycles. The number of phenolic OH excluding ortho intramolecular Hbond substituents is 2. The van der Waals surface area contributed by atoms with Crippen LogP contribution in [-0.2, 0) is 0 Å². The first-order valence-corrected chi connectivity index (χ1v) is 11.2. The van der Waals surface area contributed by atoms with Gasteiger partial charge in [-0.25, -0.2) is 0 Å². The van der Waals surface area contributed by atoms with Crippen LogP contribution in [0.5, 0.6) is 11.5 Å². The van der Waals surface area contributed by atoms with Gasteiger partial charge in [0.15, 0.2) is 5.43 Å². The fourth-order valence-corrected chi connectivity index (χ4v) is 5.40. The third kappa shape index (κ3) is 2.38. The highest BCUT2D eigenvalue weighted by molar-refractivity contribution is 6.25. The Bertz CT molecular complexity index is 1700. The number of rotatable bonds is 2. The molecule has 0 atom stereocenters. The molecule has 2 N–H and O–H groups in total. The fourth-order valence-electron chi connectivity index (χ4n) is 5.40. The van der Waals surface area contributed by atoms with E-state index in [2.05, 4.69) is 0 Å². The molecule has 3 nitrogen and oxygen atoms in total. The molecule has 7 aromatic rings. The fraction of sp³-hybridized carbons (Fsp3) is 0. The molecule has 0 unspecified atom stereocenters. The standard InChI is InChI=1S/C31H18O3/c32-29-21-13-5-1-9-17(21)25(18-10-2-6-14-22(18)29)27-28(31(27)34)26-19-11-3-7-15-23(19)30(33)24-16-8-4-12-20(24)26/h1-16,32-33H. The number of phenols is 2. The summed E-state index contributed by atoms with van der Waals surface area (Å²) >= 11 is 0. The summed E-state index contributed by atoms with van der Waals surface area (Å²) in [6.45, 7) is 0. The first-order chi connectivity index (χ1) is 16.7. The summed E-state index contributed by atoms with van der Waals surface area (Å²) in [5.74, 6) is 0.455. The quantitative estimate of drug-likeness (QED) is 0.279. The minimum Gasteiger partial charge on any atom is -0.507 e. The smallest absolute Gasteiger partial charge is 0.195 e. The minimum atomic E-state index is 0.00184. The van der Waals surface area contributed by atoms with Crippen LogP contribution in [0.3, 0.4) is 0 Å². The predicted molar refractivity (Wildman–Crippen MR) is 139 cm³/mol. The van der Waals surface area contributed by atoms with E-state index in [0.29, 0.717) is 11.1 Å². The first kappa shape index (κ1) is 18.9. The molecule has 0 saturated carbocycles. The summed E-state index contributed by atoms with van der Waals surface area (Å²) in [6, 6.07) is 30.7. The molecule has 0 heterocycles. The van der Waals surface area contributed by atoms with Gasteiger partial charge in [-0.15, -0.1) is 0 Å². The van der Waals surface area contributed by atoms with Crippen LogP contribution in [0.1, 0.15) is 0 Å². The van der Waals surface area contributed by atoms with Crippen molar-refractivity contribution in [3.63, 3.8) is 0 Å². The van der Waals surface area contributed by atoms with Crippen molar-refractivity contribution in [2.45, 2.75) is 0 Å². The molecule has 160 valence electrons. The van der Waals surface area contributed by atoms with E-state index in [9.17, 15) is 15.0 Å². The second kappa shape index (κ2) is 6.69. The molecule has 0 amide bonds. The molecule has 0 fully saturated rings. The summed E-state index contributed by atoms with van der Waals surface area (Å²) in [5, 5.41) is 28.2. The monoisotopic (exact) mass is 438 g/mol. The number of aromatic hydroxyl groups is 2. The molecule has 7 rings (SSSR count). The largest absolute Gasteiger partial charge is 0.507 e. The topological polar surface area (TPSA) is 57.5 Å². The molecule has 3 heteroatoms. The molecule has 0 aliphatic heterocycles. The van der Waals surface area contributed by atoms with Crippen LogP contribution < -0.4 is 5.43 Å². The second-order valence-electron chi connectivity index (χ2n) is 8.71. The highest BCUT2D eigenvalue weighted by Gasteiger charge is 2.32. The second-order valence-corrected chi connectivity index (χ2v) is 8.71. The van der Waals surface area contributed by atoms with Gasteiger partial charge >= 0.3 is 0 Å². The summed E-state index contributed by atoms with van der Waals surface area (Å²) < 4.78 is 0. The van der Waals surface area contributed by atoms with E-state index >= 15 is 0 Å². The van der Waals surface area contributed by atoms with Crippen molar-refractivity contribution in [3.05, 3.63) is 107 Å². The number of benzene rings is 6. The average Bonchev–Trinajstić information content (AvgIpc) is 3.54. The Morgan fingerprint density at radius 2 is 0.588 bits per heavy atom. The molecular weight excluding hydrogens is 420 g/mol. The van der Waals surface area contributed by atoms with E-state index in [1.54, 1.807) is 0 Å². The van der Waals surface area contributed by atoms with Crippen molar-refractivity contribution < 1.29 is 10.2 Å². The number of hydrogen-bond donors (Lipinski definition) is 2. The molecule has 0 radical (unpaired) electrons. The number of hydrogen-bond acceptors (Lipinski definition) is 3. The molecule has 0 aliphatic rings. The van der Waals surface area contributed by atoms with Gasteiger partial charge in [-0.05, 0) is 21.5 Å². The number of fused-ring (bicyclic) bond motifs is 4. The van der Waals surface area contributed by atoms with Crippen molar-refractivity contribution in [1.29, 1.82) is 0 Å². The molecule has 0 aromatic heterocycles. The molecule has 0 aliphatic carbocycles. The van der Waals surface area contributed by atoms with E-state index in [0.717, 1.165) is 54.2 Å². The van der Waals surface area contributed by atoms with Crippen molar-refractivity contribution >= 4 is 43.1 Å². The zero-order chi connectivity index (χ0) is 23.0. The van der Waals surface area contributed by atoms with Gasteiger partial charge in [0.05, 0.1) is 0 Å². The van der Waals surface area contributed by atoms with Crippen molar-refractivity contribution in [2.75, 3.05) is 0 Å². The molecular formula is C31H18O3. The van der Waals surface area contributed by atoms with Crippen LogP contribution in [0, 0.1) is 0 Å². The van der Waals surface area contributed by atoms with Gasteiger partial charge in [0, 0.05) is 43.8 Å². The van der Waals surface area contributed by atoms with Gasteiger partial charge < -0.3 is 10.2 Å². The van der Waals surface area contributed by atoms with Crippen LogP contribution in [0.25, 0.3) is 65.3 Å². The van der Waals surface area contributed by atoms with Crippen LogP contribution in [0.4, 0.5) is 0 Å². The lowest BCUT2D eigenvalue weighted by molar-refractivity contribution is 0.487. The summed E-state index contributed by atoms with van der Waals surface area (Å²) in [6.07, 6.45) is 0. The highest BCUT2D eigenvalue weighted by Crippen LogP contribution is 2.50. The van der Waals surface area contributed by atoms with Gasteiger partial charge in [0.1, 0.15) is 11.5 Å². The molecule has 0 bridgehead atoms. The van der Waals surface area contributed by atoms with Gasteiger partial charge in [-0.1, -0.05) is 97.1 Å². The zero-order valence-corrected chi connectivity index (χ0v) is 18.0. The van der Waals surface area contributed by atoms with Crippen molar-refractivity contribution in [3.8, 4) is 33.8 Å². The van der Waals surface area contributed by atoms with Crippen molar-refractivity contribution in [2.24, 2.45) is 0 Å². The predicted octanol–water partition coefficient (Wildman–Crippen LogP) is 7.28. The van der Waals surface area contributed by atoms with E-state index in [1.165, 1.54) is 0 Å². The Kier molecular flexibility index (Phi) is 3.72. The Hall–Kier alpha value is -4.63. The maximum absolute atomic E-state index is 13.6. The van der Waals surface area contributed by atoms with E-state index < -0.39 is 0 Å². The van der Waals surface area contributed by atoms with Crippen LogP contribution >= 0.6 is 0 Å². The van der Waals surface area contributed by atoms with Crippen LogP contribution in [0.2, 0.25) is 0 Å². The zero-order valence-electron chi connectivity index (χ0n) is 18.0. The summed E-state index contributed by atoms with van der Waals surface area (Å²) in [5.41, 5.74) is 3.05. The summed E-state index contributed by atoms with van der Waals surface area (Å²) in [7, 11) is 0. The van der Waals surface area contributed by atoms with Crippen molar-refractivity contribution in [1.82, 2.24) is 0 Å². The van der Waals surface area contributed by atoms with E-state index in [4.69, 9.17) is 0 Å². The van der Waals surface area contributed by atoms with Gasteiger partial charge in [-0.2, -0.15) is 0 Å². The lowest BCUT2D eigenvalue weighted by atomic mass is 9.91. The Labute approximate surface area is 194 Å². The molecule has 7 aromatic carbocycles. The van der Waals surface area contributed by atoms with Gasteiger partial charge in [-0.3, -0.25) is 4.79 Å². The summed E-state index contributed by atoms with van der Waals surface area (Å²) in [4.78, 5) is 13.6. The SMILES string of the molecule is O=c1c(-c2c3ccccc3c(O)c3ccccc23)c1-c1c2ccccc2c(O)c2ccccc12. The Morgan fingerprint density at radius 1 is 0.353 bits per heavy atom. The van der Waals surface area contributed by atoms with Crippen LogP contribution in [-0.4, -0.2) is 10.2 Å². The lowest BCUT2D eigenvalue weighted by Crippen LogP contribution is -1.86. The third-order valence-corrected chi connectivity index (χ3v) is 6.95. The lowest BCUT2D eigenvalue weighted by Gasteiger charge is -2.13. The molecule has 0 spiro atoms. The Balaban J connectivity index is 1.64. The van der Waals surface area contributed by atoms with E-state index in [-0.39, 0.29) is 16.9 Å². The average molecular weight is 438 g/mol. The first-order valence-electron chi connectivity index (χ1n) is 11.2. The highest BCUT2D eigenvalue weighted by atomic mass is 16.3. The minimum absolute atomic E-state index is 0.00184. The normalized spacial score (nSPS) is 11.9. The molecule has 34 heavy (non-hydrogen) atoms. The maximum atomic E-state index is 13.6. The maximum Gasteiger partial charge on any atom is 0.195 e. The van der Waals surface area contributed by atoms with Crippen LogP contribution in [0.15, 0.2) is 102 Å². The van der Waals surface area contributed by atoms with Gasteiger partial charge in [0.25, 0.3) is 0 Å². The Morgan fingerprint density at radius 3 is 0.853 bits per heavy atom. The van der Waals surface area contributed by atoms with Gasteiger partial charge in [0.2, 0.25) is 0 Å². The third-order valence-electron chi connectivity index (χ3n) is 6.95.